The molecule has 0 aromatic heterocycles. The molecule has 2 rings (SSSR count). The molecular formula is C11H14N2O4S. The average molecular weight is 270 g/mol. The van der Waals surface area contributed by atoms with Gasteiger partial charge in [0.15, 0.2) is 0 Å². The van der Waals surface area contributed by atoms with Gasteiger partial charge >= 0.3 is 0 Å². The second kappa shape index (κ2) is 3.96. The van der Waals surface area contributed by atoms with Crippen LogP contribution in [0, 0.1) is 5.41 Å². The highest BCUT2D eigenvalue weighted by atomic mass is 32.2. The third kappa shape index (κ3) is 2.32. The lowest BCUT2D eigenvalue weighted by Gasteiger charge is -2.18. The van der Waals surface area contributed by atoms with Crippen molar-refractivity contribution < 1.29 is 17.8 Å². The fraction of sp³-hybridized carbons (Fsp3) is 0.364. The zero-order chi connectivity index (χ0) is 13.6. The Kier molecular flexibility index (Phi) is 2.83. The Hall–Kier alpha value is -1.60. The van der Waals surface area contributed by atoms with E-state index in [9.17, 15) is 13.2 Å². The lowest BCUT2D eigenvalue weighted by Crippen LogP contribution is -2.33. The number of nitrogens with one attached hydrogen (secondary N) is 1. The van der Waals surface area contributed by atoms with E-state index in [4.69, 9.17) is 4.55 Å². The van der Waals surface area contributed by atoms with Crippen molar-refractivity contribution in [2.45, 2.75) is 18.7 Å². The summed E-state index contributed by atoms with van der Waals surface area (Å²) >= 11 is 0. The summed E-state index contributed by atoms with van der Waals surface area (Å²) in [6, 6.07) is 5.65. The van der Waals surface area contributed by atoms with Crippen LogP contribution in [0.1, 0.15) is 13.8 Å². The van der Waals surface area contributed by atoms with Gasteiger partial charge in [0.1, 0.15) is 0 Å². The molecule has 1 heterocycles. The van der Waals surface area contributed by atoms with Gasteiger partial charge in [0.2, 0.25) is 5.91 Å². The van der Waals surface area contributed by atoms with Gasteiger partial charge < -0.3 is 0 Å². The Bertz CT molecular complexity index is 578. The van der Waals surface area contributed by atoms with Gasteiger partial charge in [0.25, 0.3) is 10.1 Å². The third-order valence-electron chi connectivity index (χ3n) is 2.85. The lowest BCUT2D eigenvalue weighted by molar-refractivity contribution is -0.125. The van der Waals surface area contributed by atoms with Gasteiger partial charge in [-0.2, -0.15) is 8.42 Å². The van der Waals surface area contributed by atoms with Crippen LogP contribution in [0.2, 0.25) is 0 Å². The highest BCUT2D eigenvalue weighted by Gasteiger charge is 2.38. The topological polar surface area (TPSA) is 86.7 Å². The van der Waals surface area contributed by atoms with Gasteiger partial charge in [0.05, 0.1) is 22.5 Å². The molecule has 6 nitrogen and oxygen atoms in total. The molecule has 1 aliphatic rings. The summed E-state index contributed by atoms with van der Waals surface area (Å²) in [5.74, 6) is -0.0821. The predicted molar refractivity (Wildman–Crippen MR) is 65.5 cm³/mol. The monoisotopic (exact) mass is 270 g/mol. The Labute approximate surface area is 105 Å². The van der Waals surface area contributed by atoms with E-state index in [1.54, 1.807) is 5.01 Å². The number of hydrogen-bond acceptors (Lipinski definition) is 4. The number of anilines is 1. The van der Waals surface area contributed by atoms with Gasteiger partial charge in [-0.15, -0.1) is 0 Å². The maximum Gasteiger partial charge on any atom is 0.294 e. The van der Waals surface area contributed by atoms with Crippen molar-refractivity contribution in [1.82, 2.24) is 5.43 Å². The maximum absolute atomic E-state index is 11.6. The van der Waals surface area contributed by atoms with E-state index in [0.717, 1.165) is 0 Å². The fourth-order valence-corrected chi connectivity index (χ4v) is 2.21. The second-order valence-electron chi connectivity index (χ2n) is 4.88. The molecule has 2 N–H and O–H groups in total. The van der Waals surface area contributed by atoms with E-state index >= 15 is 0 Å². The molecule has 0 spiro atoms. The molecule has 0 aliphatic carbocycles. The number of carbonyl (C=O) groups is 1. The predicted octanol–water partition coefficient (Wildman–Crippen LogP) is 0.811. The molecule has 0 radical (unpaired) electrons. The van der Waals surface area contributed by atoms with Crippen LogP contribution in [-0.4, -0.2) is 25.4 Å². The molecule has 1 aromatic carbocycles. The van der Waals surface area contributed by atoms with Gasteiger partial charge in [0, 0.05) is 0 Å². The molecule has 98 valence electrons. The van der Waals surface area contributed by atoms with Crippen LogP contribution in [0.15, 0.2) is 29.2 Å². The van der Waals surface area contributed by atoms with Crippen LogP contribution in [0.4, 0.5) is 5.69 Å². The minimum atomic E-state index is -4.18. The zero-order valence-corrected chi connectivity index (χ0v) is 10.9. The number of amides is 1. The zero-order valence-electron chi connectivity index (χ0n) is 10.0. The van der Waals surface area contributed by atoms with Crippen LogP contribution in [-0.2, 0) is 14.9 Å². The summed E-state index contributed by atoms with van der Waals surface area (Å²) in [6.45, 7) is 4.15. The first-order chi connectivity index (χ1) is 8.20. The second-order valence-corrected chi connectivity index (χ2v) is 6.30. The van der Waals surface area contributed by atoms with Crippen LogP contribution in [0.3, 0.4) is 0 Å². The van der Waals surface area contributed by atoms with E-state index in [1.165, 1.54) is 24.3 Å². The van der Waals surface area contributed by atoms with Crippen LogP contribution in [0.25, 0.3) is 0 Å². The molecule has 1 aromatic rings. The van der Waals surface area contributed by atoms with Gasteiger partial charge in [-0.25, -0.2) is 0 Å². The molecular weight excluding hydrogens is 256 g/mol. The molecule has 1 fully saturated rings. The minimum absolute atomic E-state index is 0.0821. The standard InChI is InChI=1S/C11H14N2O4S/c1-11(2)7-13(12-10(11)14)8-3-5-9(6-4-8)18(15,16)17/h3-6H,7H2,1-2H3,(H,12,14)(H,15,16,17). The largest absolute Gasteiger partial charge is 0.294 e. The van der Waals surface area contributed by atoms with Crippen molar-refractivity contribution in [2.24, 2.45) is 5.41 Å². The SMILES string of the molecule is CC1(C)CN(c2ccc(S(=O)(=O)O)cc2)NC1=O. The van der Waals surface area contributed by atoms with Crippen LogP contribution >= 0.6 is 0 Å². The molecule has 0 unspecified atom stereocenters. The first kappa shape index (κ1) is 12.8. The molecule has 0 saturated carbocycles. The molecule has 1 amide bonds. The number of hydrazine groups is 1. The molecule has 0 atom stereocenters. The third-order valence-corrected chi connectivity index (χ3v) is 3.72. The fourth-order valence-electron chi connectivity index (χ4n) is 1.73. The normalized spacial score (nSPS) is 18.8. The number of hydrogen-bond donors (Lipinski definition) is 2. The van der Waals surface area contributed by atoms with Crippen LogP contribution < -0.4 is 10.4 Å². The summed E-state index contributed by atoms with van der Waals surface area (Å²) in [6.07, 6.45) is 0. The molecule has 1 aliphatic heterocycles. The molecule has 1 saturated heterocycles. The number of nitrogens with zero attached hydrogens (tertiary/aromatic N) is 1. The van der Waals surface area contributed by atoms with Crippen molar-refractivity contribution in [3.63, 3.8) is 0 Å². The van der Waals surface area contributed by atoms with E-state index in [1.807, 2.05) is 13.8 Å². The Balaban J connectivity index is 2.25. The first-order valence-corrected chi connectivity index (χ1v) is 6.80. The molecule has 0 bridgehead atoms. The van der Waals surface area contributed by atoms with Crippen molar-refractivity contribution in [3.05, 3.63) is 24.3 Å². The van der Waals surface area contributed by atoms with Crippen molar-refractivity contribution in [2.75, 3.05) is 11.6 Å². The maximum atomic E-state index is 11.6. The highest BCUT2D eigenvalue weighted by molar-refractivity contribution is 7.85. The number of rotatable bonds is 2. The van der Waals surface area contributed by atoms with E-state index in [0.29, 0.717) is 12.2 Å². The summed E-state index contributed by atoms with van der Waals surface area (Å²) in [4.78, 5) is 11.4. The first-order valence-electron chi connectivity index (χ1n) is 5.36. The van der Waals surface area contributed by atoms with Gasteiger partial charge in [-0.3, -0.25) is 19.8 Å². The smallest absolute Gasteiger partial charge is 0.284 e. The summed E-state index contributed by atoms with van der Waals surface area (Å²) in [7, 11) is -4.18. The Morgan fingerprint density at radius 3 is 2.22 bits per heavy atom. The molecule has 7 heteroatoms. The van der Waals surface area contributed by atoms with E-state index in [2.05, 4.69) is 5.43 Å². The summed E-state index contributed by atoms with van der Waals surface area (Å²) < 4.78 is 30.6. The quantitative estimate of drug-likeness (QED) is 0.777. The van der Waals surface area contributed by atoms with Crippen molar-refractivity contribution in [1.29, 1.82) is 0 Å². The minimum Gasteiger partial charge on any atom is -0.284 e. The highest BCUT2D eigenvalue weighted by Crippen LogP contribution is 2.27. The lowest BCUT2D eigenvalue weighted by atomic mass is 9.94. The molecule has 18 heavy (non-hydrogen) atoms. The summed E-state index contributed by atoms with van der Waals surface area (Å²) in [5.41, 5.74) is 2.88. The van der Waals surface area contributed by atoms with Gasteiger partial charge in [-0.1, -0.05) is 0 Å². The van der Waals surface area contributed by atoms with Gasteiger partial charge in [-0.05, 0) is 38.1 Å². The van der Waals surface area contributed by atoms with Crippen molar-refractivity contribution in [3.8, 4) is 0 Å². The van der Waals surface area contributed by atoms with Crippen LogP contribution in [0.5, 0.6) is 0 Å². The number of benzene rings is 1. The average Bonchev–Trinajstić information content (AvgIpc) is 2.53. The van der Waals surface area contributed by atoms with Crippen molar-refractivity contribution >= 4 is 21.7 Å². The Morgan fingerprint density at radius 2 is 1.83 bits per heavy atom. The Morgan fingerprint density at radius 1 is 1.28 bits per heavy atom. The van der Waals surface area contributed by atoms with E-state index in [-0.39, 0.29) is 10.8 Å². The van der Waals surface area contributed by atoms with E-state index < -0.39 is 15.5 Å². The number of carbonyl (C=O) groups excluding carboxylic acids is 1. The summed E-state index contributed by atoms with van der Waals surface area (Å²) in [5, 5.41) is 1.65.